The number of fused-ring (bicyclic) bond motifs is 1. The summed E-state index contributed by atoms with van der Waals surface area (Å²) in [6.45, 7) is 3.30. The van der Waals surface area contributed by atoms with Gasteiger partial charge in [-0.05, 0) is 24.6 Å². The summed E-state index contributed by atoms with van der Waals surface area (Å²) < 4.78 is 0. The molecule has 0 aromatic heterocycles. The minimum Gasteiger partial charge on any atom is -0.372 e. The Morgan fingerprint density at radius 1 is 1.50 bits per heavy atom. The predicted octanol–water partition coefficient (Wildman–Crippen LogP) is 1.96. The zero-order valence-corrected chi connectivity index (χ0v) is 9.17. The number of para-hydroxylation sites is 1. The molecule has 0 fully saturated rings. The molecule has 0 radical (unpaired) electrons. The third-order valence-corrected chi connectivity index (χ3v) is 3.09. The smallest absolute Gasteiger partial charge is 0.0516 e. The fourth-order valence-corrected chi connectivity index (χ4v) is 2.35. The van der Waals surface area contributed by atoms with Crippen LogP contribution in [0.5, 0.6) is 0 Å². The first-order valence-electron chi connectivity index (χ1n) is 5.28. The minimum atomic E-state index is 0.501. The number of anilines is 1. The van der Waals surface area contributed by atoms with Crippen LogP contribution in [0, 0.1) is 0 Å². The van der Waals surface area contributed by atoms with Crippen molar-refractivity contribution in [1.82, 2.24) is 5.32 Å². The van der Waals surface area contributed by atoms with Crippen LogP contribution in [-0.4, -0.2) is 20.6 Å². The molecule has 1 aromatic carbocycles. The van der Waals surface area contributed by atoms with Crippen LogP contribution in [0.2, 0.25) is 0 Å². The van der Waals surface area contributed by atoms with E-state index in [1.54, 1.807) is 0 Å². The van der Waals surface area contributed by atoms with Gasteiger partial charge >= 0.3 is 0 Å². The Balaban J connectivity index is 2.49. The van der Waals surface area contributed by atoms with Crippen molar-refractivity contribution in [2.24, 2.45) is 0 Å². The number of rotatable bonds is 2. The monoisotopic (exact) mass is 190 g/mol. The van der Waals surface area contributed by atoms with Crippen molar-refractivity contribution in [2.75, 3.05) is 25.5 Å². The highest BCUT2D eigenvalue weighted by Gasteiger charge is 2.26. The number of hydrogen-bond donors (Lipinski definition) is 1. The Morgan fingerprint density at radius 3 is 2.93 bits per heavy atom. The fraction of sp³-hybridized carbons (Fsp3) is 0.500. The highest BCUT2D eigenvalue weighted by atomic mass is 15.2. The second-order valence-electron chi connectivity index (χ2n) is 3.93. The first-order valence-corrected chi connectivity index (χ1v) is 5.28. The zero-order chi connectivity index (χ0) is 10.1. The molecule has 0 spiro atoms. The molecule has 2 rings (SSSR count). The van der Waals surface area contributed by atoms with Crippen molar-refractivity contribution in [3.05, 3.63) is 29.3 Å². The molecule has 0 aliphatic carbocycles. The normalized spacial score (nSPS) is 19.9. The van der Waals surface area contributed by atoms with Crippen LogP contribution in [0.3, 0.4) is 0 Å². The van der Waals surface area contributed by atoms with E-state index in [-0.39, 0.29) is 0 Å². The zero-order valence-electron chi connectivity index (χ0n) is 9.17. The summed E-state index contributed by atoms with van der Waals surface area (Å²) in [7, 11) is 4.21. The topological polar surface area (TPSA) is 15.3 Å². The van der Waals surface area contributed by atoms with Crippen LogP contribution < -0.4 is 10.2 Å². The van der Waals surface area contributed by atoms with E-state index in [1.807, 2.05) is 7.05 Å². The van der Waals surface area contributed by atoms with Gasteiger partial charge in [-0.1, -0.05) is 25.1 Å². The van der Waals surface area contributed by atoms with Crippen LogP contribution in [0.4, 0.5) is 5.69 Å². The van der Waals surface area contributed by atoms with Crippen molar-refractivity contribution in [1.29, 1.82) is 0 Å². The van der Waals surface area contributed by atoms with Crippen LogP contribution in [0.15, 0.2) is 18.2 Å². The summed E-state index contributed by atoms with van der Waals surface area (Å²) in [6.07, 6.45) is 1.12. The summed E-state index contributed by atoms with van der Waals surface area (Å²) >= 11 is 0. The van der Waals surface area contributed by atoms with Gasteiger partial charge in [0.2, 0.25) is 0 Å². The highest BCUT2D eigenvalue weighted by molar-refractivity contribution is 5.64. The molecule has 1 aromatic rings. The second kappa shape index (κ2) is 3.62. The Kier molecular flexibility index (Phi) is 2.46. The van der Waals surface area contributed by atoms with Crippen molar-refractivity contribution < 1.29 is 0 Å². The summed E-state index contributed by atoms with van der Waals surface area (Å²) in [4.78, 5) is 2.36. The van der Waals surface area contributed by atoms with E-state index in [0.717, 1.165) is 13.0 Å². The van der Waals surface area contributed by atoms with Crippen molar-refractivity contribution in [3.63, 3.8) is 0 Å². The maximum atomic E-state index is 3.36. The number of hydrogen-bond acceptors (Lipinski definition) is 2. The lowest BCUT2D eigenvalue weighted by atomic mass is 10.0. The molecule has 1 aliphatic heterocycles. The number of benzene rings is 1. The lowest BCUT2D eigenvalue weighted by Crippen LogP contribution is -2.22. The molecule has 1 N–H and O–H groups in total. The Morgan fingerprint density at radius 2 is 2.29 bits per heavy atom. The minimum absolute atomic E-state index is 0.501. The Bertz CT molecular complexity index is 333. The molecule has 1 atom stereocenters. The number of aryl methyl sites for hydroxylation is 1. The Hall–Kier alpha value is -1.02. The van der Waals surface area contributed by atoms with Crippen molar-refractivity contribution in [3.8, 4) is 0 Å². The lowest BCUT2D eigenvalue weighted by molar-refractivity contribution is 0.626. The van der Waals surface area contributed by atoms with Gasteiger partial charge in [-0.2, -0.15) is 0 Å². The van der Waals surface area contributed by atoms with Gasteiger partial charge in [0.25, 0.3) is 0 Å². The fourth-order valence-electron chi connectivity index (χ4n) is 2.35. The third-order valence-electron chi connectivity index (χ3n) is 3.09. The van der Waals surface area contributed by atoms with Gasteiger partial charge < -0.3 is 10.2 Å². The second-order valence-corrected chi connectivity index (χ2v) is 3.93. The maximum Gasteiger partial charge on any atom is 0.0516 e. The SMILES string of the molecule is CCc1cccc2c1N(C)CC2NC. The number of nitrogens with one attached hydrogen (secondary N) is 1. The van der Waals surface area contributed by atoms with Crippen LogP contribution in [0.25, 0.3) is 0 Å². The summed E-state index contributed by atoms with van der Waals surface area (Å²) in [5.41, 5.74) is 4.35. The predicted molar refractivity (Wildman–Crippen MR) is 60.9 cm³/mol. The highest BCUT2D eigenvalue weighted by Crippen LogP contribution is 2.36. The van der Waals surface area contributed by atoms with E-state index in [0.29, 0.717) is 6.04 Å². The molecule has 76 valence electrons. The molecule has 0 bridgehead atoms. The molecular formula is C12H18N2. The maximum absolute atomic E-state index is 3.36. The summed E-state index contributed by atoms with van der Waals surface area (Å²) in [5, 5.41) is 3.36. The molecule has 0 saturated carbocycles. The van der Waals surface area contributed by atoms with Gasteiger partial charge in [0.05, 0.1) is 6.04 Å². The molecule has 14 heavy (non-hydrogen) atoms. The van der Waals surface area contributed by atoms with E-state index in [2.05, 4.69) is 42.4 Å². The molecule has 2 nitrogen and oxygen atoms in total. The molecule has 1 aliphatic rings. The molecule has 1 heterocycles. The van der Waals surface area contributed by atoms with Crippen molar-refractivity contribution in [2.45, 2.75) is 19.4 Å². The van der Waals surface area contributed by atoms with Gasteiger partial charge in [-0.3, -0.25) is 0 Å². The van der Waals surface area contributed by atoms with Crippen LogP contribution in [-0.2, 0) is 6.42 Å². The standard InChI is InChI=1S/C12H18N2/c1-4-9-6-5-7-10-11(13-2)8-14(3)12(9)10/h5-7,11,13H,4,8H2,1-3H3. The van der Waals surface area contributed by atoms with Crippen LogP contribution >= 0.6 is 0 Å². The molecule has 0 amide bonds. The Labute approximate surface area is 85.9 Å². The van der Waals surface area contributed by atoms with E-state index < -0.39 is 0 Å². The largest absolute Gasteiger partial charge is 0.372 e. The van der Waals surface area contributed by atoms with E-state index in [4.69, 9.17) is 0 Å². The number of likely N-dealkylation sites (N-methyl/N-ethyl adjacent to an activating group) is 2. The molecular weight excluding hydrogens is 172 g/mol. The van der Waals surface area contributed by atoms with Crippen LogP contribution in [0.1, 0.15) is 24.1 Å². The molecule has 2 heteroatoms. The van der Waals surface area contributed by atoms with Crippen molar-refractivity contribution >= 4 is 5.69 Å². The first-order chi connectivity index (χ1) is 6.77. The first kappa shape index (κ1) is 9.53. The van der Waals surface area contributed by atoms with Gasteiger partial charge in [-0.25, -0.2) is 0 Å². The lowest BCUT2D eigenvalue weighted by Gasteiger charge is -2.15. The summed E-state index contributed by atoms with van der Waals surface area (Å²) in [5.74, 6) is 0. The third kappa shape index (κ3) is 1.30. The quantitative estimate of drug-likeness (QED) is 0.767. The average molecular weight is 190 g/mol. The van der Waals surface area contributed by atoms with Gasteiger partial charge in [-0.15, -0.1) is 0 Å². The molecule has 1 unspecified atom stereocenters. The van der Waals surface area contributed by atoms with E-state index >= 15 is 0 Å². The van der Waals surface area contributed by atoms with Gasteiger partial charge in [0, 0.05) is 19.3 Å². The van der Waals surface area contributed by atoms with E-state index in [1.165, 1.54) is 16.8 Å². The average Bonchev–Trinajstić information content (AvgIpc) is 2.55. The summed E-state index contributed by atoms with van der Waals surface area (Å²) in [6, 6.07) is 7.13. The molecule has 0 saturated heterocycles. The number of nitrogens with zero attached hydrogens (tertiary/aromatic N) is 1. The van der Waals surface area contributed by atoms with Gasteiger partial charge in [0.15, 0.2) is 0 Å². The van der Waals surface area contributed by atoms with Gasteiger partial charge in [0.1, 0.15) is 0 Å². The van der Waals surface area contributed by atoms with E-state index in [9.17, 15) is 0 Å².